The Labute approximate surface area is 161 Å². The fourth-order valence-corrected chi connectivity index (χ4v) is 3.50. The summed E-state index contributed by atoms with van der Waals surface area (Å²) in [5, 5.41) is 0. The lowest BCUT2D eigenvalue weighted by molar-refractivity contribution is -0.131. The largest absolute Gasteiger partial charge is 0.337 e. The van der Waals surface area contributed by atoms with Gasteiger partial charge in [0.2, 0.25) is 5.91 Å². The van der Waals surface area contributed by atoms with Crippen LogP contribution in [0.2, 0.25) is 0 Å². The SMILES string of the molecule is O=C(Cc1ccccc1)N1CCc2nc(Cc3cccc(F)c3)[nH]c(=O)c2C1. The lowest BCUT2D eigenvalue weighted by Crippen LogP contribution is -2.40. The van der Waals surface area contributed by atoms with Crippen molar-refractivity contribution in [1.82, 2.24) is 14.9 Å². The van der Waals surface area contributed by atoms with Crippen LogP contribution in [-0.4, -0.2) is 27.3 Å². The third-order valence-electron chi connectivity index (χ3n) is 4.93. The number of aromatic nitrogens is 2. The van der Waals surface area contributed by atoms with Gasteiger partial charge < -0.3 is 9.88 Å². The van der Waals surface area contributed by atoms with Crippen molar-refractivity contribution in [2.24, 2.45) is 0 Å². The van der Waals surface area contributed by atoms with Crippen molar-refractivity contribution in [3.8, 4) is 0 Å². The molecule has 4 rings (SSSR count). The Balaban J connectivity index is 1.50. The topological polar surface area (TPSA) is 66.1 Å². The van der Waals surface area contributed by atoms with Gasteiger partial charge in [0.05, 0.1) is 24.2 Å². The van der Waals surface area contributed by atoms with Gasteiger partial charge in [-0.15, -0.1) is 0 Å². The van der Waals surface area contributed by atoms with Crippen LogP contribution in [0.5, 0.6) is 0 Å². The van der Waals surface area contributed by atoms with Crippen LogP contribution < -0.4 is 5.56 Å². The lowest BCUT2D eigenvalue weighted by atomic mass is 10.0. The highest BCUT2D eigenvalue weighted by molar-refractivity contribution is 5.79. The number of amides is 1. The number of halogens is 1. The van der Waals surface area contributed by atoms with E-state index in [0.717, 1.165) is 16.8 Å². The average molecular weight is 377 g/mol. The first kappa shape index (κ1) is 18.1. The molecule has 0 atom stereocenters. The maximum absolute atomic E-state index is 13.4. The molecule has 0 bridgehead atoms. The summed E-state index contributed by atoms with van der Waals surface area (Å²) < 4.78 is 13.4. The molecule has 1 aliphatic rings. The van der Waals surface area contributed by atoms with Crippen molar-refractivity contribution in [3.05, 3.63) is 99.0 Å². The second-order valence-electron chi connectivity index (χ2n) is 6.97. The maximum Gasteiger partial charge on any atom is 0.256 e. The molecule has 0 saturated heterocycles. The van der Waals surface area contributed by atoms with E-state index in [1.807, 2.05) is 30.3 Å². The van der Waals surface area contributed by atoms with E-state index in [9.17, 15) is 14.0 Å². The minimum absolute atomic E-state index is 0.0000808. The van der Waals surface area contributed by atoms with Gasteiger partial charge in [0, 0.05) is 19.4 Å². The molecule has 6 heteroatoms. The Kier molecular flexibility index (Phi) is 5.02. The summed E-state index contributed by atoms with van der Waals surface area (Å²) in [4.78, 5) is 34.2. The van der Waals surface area contributed by atoms with E-state index in [0.29, 0.717) is 37.2 Å². The Morgan fingerprint density at radius 1 is 1.11 bits per heavy atom. The Hall–Kier alpha value is -3.28. The Morgan fingerprint density at radius 3 is 2.68 bits per heavy atom. The molecule has 1 aromatic heterocycles. The van der Waals surface area contributed by atoms with Crippen LogP contribution in [0.15, 0.2) is 59.4 Å². The quantitative estimate of drug-likeness (QED) is 0.760. The van der Waals surface area contributed by atoms with Gasteiger partial charge in [-0.3, -0.25) is 9.59 Å². The highest BCUT2D eigenvalue weighted by Crippen LogP contribution is 2.16. The van der Waals surface area contributed by atoms with Gasteiger partial charge in [0.1, 0.15) is 11.6 Å². The predicted molar refractivity (Wildman–Crippen MR) is 103 cm³/mol. The number of rotatable bonds is 4. The van der Waals surface area contributed by atoms with Crippen molar-refractivity contribution >= 4 is 5.91 Å². The third-order valence-corrected chi connectivity index (χ3v) is 4.93. The second kappa shape index (κ2) is 7.76. The van der Waals surface area contributed by atoms with Gasteiger partial charge >= 0.3 is 0 Å². The van der Waals surface area contributed by atoms with Gasteiger partial charge in [-0.2, -0.15) is 0 Å². The fourth-order valence-electron chi connectivity index (χ4n) is 3.50. The Bertz CT molecular complexity index is 1060. The van der Waals surface area contributed by atoms with Crippen LogP contribution >= 0.6 is 0 Å². The number of nitrogens with one attached hydrogen (secondary N) is 1. The zero-order chi connectivity index (χ0) is 19.5. The van der Waals surface area contributed by atoms with E-state index in [1.165, 1.54) is 12.1 Å². The zero-order valence-corrected chi connectivity index (χ0v) is 15.3. The molecule has 5 nitrogen and oxygen atoms in total. The number of aromatic amines is 1. The molecule has 28 heavy (non-hydrogen) atoms. The second-order valence-corrected chi connectivity index (χ2v) is 6.97. The van der Waals surface area contributed by atoms with Crippen molar-refractivity contribution in [1.29, 1.82) is 0 Å². The number of hydrogen-bond acceptors (Lipinski definition) is 3. The smallest absolute Gasteiger partial charge is 0.256 e. The molecular weight excluding hydrogens is 357 g/mol. The van der Waals surface area contributed by atoms with Crippen LogP contribution in [0.1, 0.15) is 28.2 Å². The van der Waals surface area contributed by atoms with Crippen molar-refractivity contribution < 1.29 is 9.18 Å². The molecule has 1 amide bonds. The highest BCUT2D eigenvalue weighted by Gasteiger charge is 2.24. The van der Waals surface area contributed by atoms with E-state index in [1.54, 1.807) is 17.0 Å². The number of carbonyl (C=O) groups excluding carboxylic acids is 1. The standard InChI is InChI=1S/C22H20FN3O2/c23-17-8-4-7-16(11-17)12-20-24-19-9-10-26(14-18(19)22(28)25-20)21(27)13-15-5-2-1-3-6-15/h1-8,11H,9-10,12-14H2,(H,24,25,28). The van der Waals surface area contributed by atoms with Crippen molar-refractivity contribution in [2.45, 2.75) is 25.8 Å². The molecule has 0 saturated carbocycles. The van der Waals surface area contributed by atoms with Crippen LogP contribution in [0.4, 0.5) is 4.39 Å². The molecule has 2 aromatic carbocycles. The van der Waals surface area contributed by atoms with Crippen LogP contribution in [0.25, 0.3) is 0 Å². The molecular formula is C22H20FN3O2. The molecule has 1 N–H and O–H groups in total. The number of H-pyrrole nitrogens is 1. The summed E-state index contributed by atoms with van der Waals surface area (Å²) in [6.45, 7) is 0.804. The van der Waals surface area contributed by atoms with Crippen LogP contribution in [-0.2, 0) is 30.6 Å². The zero-order valence-electron chi connectivity index (χ0n) is 15.3. The monoisotopic (exact) mass is 377 g/mol. The lowest BCUT2D eigenvalue weighted by Gasteiger charge is -2.28. The summed E-state index contributed by atoms with van der Waals surface area (Å²) in [5.74, 6) is 0.198. The van der Waals surface area contributed by atoms with E-state index in [4.69, 9.17) is 0 Å². The average Bonchev–Trinajstić information content (AvgIpc) is 2.68. The first-order valence-corrected chi connectivity index (χ1v) is 9.25. The predicted octanol–water partition coefficient (Wildman–Crippen LogP) is 2.63. The number of benzene rings is 2. The number of nitrogens with zero attached hydrogens (tertiary/aromatic N) is 2. The number of fused-ring (bicyclic) bond motifs is 1. The number of carbonyl (C=O) groups is 1. The van der Waals surface area contributed by atoms with Gasteiger partial charge in [-0.25, -0.2) is 9.37 Å². The Morgan fingerprint density at radius 2 is 1.89 bits per heavy atom. The summed E-state index contributed by atoms with van der Waals surface area (Å²) >= 11 is 0. The fraction of sp³-hybridized carbons (Fsp3) is 0.227. The third kappa shape index (κ3) is 4.01. The van der Waals surface area contributed by atoms with Crippen molar-refractivity contribution in [3.63, 3.8) is 0 Å². The summed E-state index contributed by atoms with van der Waals surface area (Å²) in [6.07, 6.45) is 1.21. The van der Waals surface area contributed by atoms with Crippen molar-refractivity contribution in [2.75, 3.05) is 6.54 Å². The van der Waals surface area contributed by atoms with E-state index >= 15 is 0 Å². The summed E-state index contributed by atoms with van der Waals surface area (Å²) in [5.41, 5.74) is 2.73. The van der Waals surface area contributed by atoms with E-state index in [-0.39, 0.29) is 23.8 Å². The van der Waals surface area contributed by atoms with Crippen LogP contribution in [0.3, 0.4) is 0 Å². The van der Waals surface area contributed by atoms with Gasteiger partial charge in [-0.1, -0.05) is 42.5 Å². The summed E-state index contributed by atoms with van der Waals surface area (Å²) in [6, 6.07) is 15.8. The van der Waals surface area contributed by atoms with Gasteiger partial charge in [0.15, 0.2) is 0 Å². The molecule has 0 aliphatic carbocycles. The molecule has 0 spiro atoms. The van der Waals surface area contributed by atoms with Crippen LogP contribution in [0, 0.1) is 5.82 Å². The normalized spacial score (nSPS) is 13.2. The minimum atomic E-state index is -0.314. The highest BCUT2D eigenvalue weighted by atomic mass is 19.1. The maximum atomic E-state index is 13.4. The van der Waals surface area contributed by atoms with E-state index < -0.39 is 0 Å². The first-order valence-electron chi connectivity index (χ1n) is 9.25. The molecule has 0 radical (unpaired) electrons. The summed E-state index contributed by atoms with van der Waals surface area (Å²) in [7, 11) is 0. The first-order chi connectivity index (χ1) is 13.6. The van der Waals surface area contributed by atoms with Gasteiger partial charge in [-0.05, 0) is 23.3 Å². The molecule has 1 aliphatic heterocycles. The molecule has 3 aromatic rings. The molecule has 0 unspecified atom stereocenters. The molecule has 2 heterocycles. The van der Waals surface area contributed by atoms with Gasteiger partial charge in [0.25, 0.3) is 5.56 Å². The minimum Gasteiger partial charge on any atom is -0.337 e. The number of hydrogen-bond donors (Lipinski definition) is 1. The van der Waals surface area contributed by atoms with E-state index in [2.05, 4.69) is 9.97 Å². The molecule has 0 fully saturated rings. The molecule has 142 valence electrons.